The van der Waals surface area contributed by atoms with Crippen LogP contribution in [0.1, 0.15) is 15.9 Å². The number of carbonyl (C=O) groups is 1. The van der Waals surface area contributed by atoms with Crippen LogP contribution in [-0.2, 0) is 0 Å². The number of aromatic carboxylic acids is 1. The lowest BCUT2D eigenvalue weighted by molar-refractivity contribution is 0.0696. The van der Waals surface area contributed by atoms with Crippen molar-refractivity contribution in [2.75, 3.05) is 20.7 Å². The second-order valence-corrected chi connectivity index (χ2v) is 3.05. The van der Waals surface area contributed by atoms with Crippen molar-refractivity contribution >= 4 is 5.97 Å². The molecule has 0 fully saturated rings. The van der Waals surface area contributed by atoms with Crippen LogP contribution in [0.2, 0.25) is 0 Å². The second-order valence-electron chi connectivity index (χ2n) is 3.05. The first kappa shape index (κ1) is 12.1. The summed E-state index contributed by atoms with van der Waals surface area (Å²) in [5.74, 6) is 5.28. The summed E-state index contributed by atoms with van der Waals surface area (Å²) in [6.07, 6.45) is 0. The van der Waals surface area contributed by atoms with Gasteiger partial charge in [-0.15, -0.1) is 0 Å². The first-order chi connectivity index (χ1) is 7.69. The normalized spacial score (nSPS) is 9.12. The van der Waals surface area contributed by atoms with E-state index in [0.717, 1.165) is 0 Å². The second kappa shape index (κ2) is 5.79. The summed E-state index contributed by atoms with van der Waals surface area (Å²) in [6, 6.07) is 4.62. The molecule has 0 unspecified atom stereocenters. The Morgan fingerprint density at radius 2 is 2.31 bits per heavy atom. The molecule has 0 atom stereocenters. The van der Waals surface area contributed by atoms with Gasteiger partial charge < -0.3 is 15.2 Å². The smallest absolute Gasteiger partial charge is 0.335 e. The molecule has 0 radical (unpaired) electrons. The fourth-order valence-corrected chi connectivity index (χ4v) is 1.16. The highest BCUT2D eigenvalue weighted by atomic mass is 16.5. The lowest BCUT2D eigenvalue weighted by Crippen LogP contribution is -2.04. The number of hydrogen-bond donors (Lipinski definition) is 2. The number of nitrogens with one attached hydrogen (secondary N) is 1. The van der Waals surface area contributed by atoms with E-state index in [9.17, 15) is 4.79 Å². The van der Waals surface area contributed by atoms with Gasteiger partial charge in [0.25, 0.3) is 0 Å². The average Bonchev–Trinajstić information content (AvgIpc) is 2.29. The molecule has 0 saturated heterocycles. The number of carboxylic acids is 1. The Labute approximate surface area is 94.2 Å². The van der Waals surface area contributed by atoms with E-state index in [4.69, 9.17) is 9.84 Å². The van der Waals surface area contributed by atoms with Crippen LogP contribution >= 0.6 is 0 Å². The van der Waals surface area contributed by atoms with Gasteiger partial charge in [0.15, 0.2) is 0 Å². The van der Waals surface area contributed by atoms with Gasteiger partial charge in [-0.25, -0.2) is 4.79 Å². The van der Waals surface area contributed by atoms with E-state index >= 15 is 0 Å². The van der Waals surface area contributed by atoms with Crippen LogP contribution in [0.4, 0.5) is 0 Å². The molecule has 1 aromatic carbocycles. The van der Waals surface area contributed by atoms with Crippen LogP contribution in [0, 0.1) is 11.8 Å². The molecule has 0 aliphatic carbocycles. The summed E-state index contributed by atoms with van der Waals surface area (Å²) in [6.45, 7) is 0.573. The van der Waals surface area contributed by atoms with Gasteiger partial charge in [0.05, 0.1) is 24.8 Å². The van der Waals surface area contributed by atoms with E-state index in [2.05, 4.69) is 17.2 Å². The molecule has 1 aromatic rings. The lowest BCUT2D eigenvalue weighted by Gasteiger charge is -2.04. The first-order valence-corrected chi connectivity index (χ1v) is 4.74. The standard InChI is InChI=1S/C12H13NO3/c1-13-7-3-4-9-5-6-10(12(14)15)8-11(9)16-2/h5-6,8,13H,7H2,1-2H3,(H,14,15). The Bertz CT molecular complexity index is 443. The third-order valence-electron chi connectivity index (χ3n) is 1.94. The molecule has 0 heterocycles. The highest BCUT2D eigenvalue weighted by Gasteiger charge is 2.06. The molecule has 0 aliphatic rings. The third-order valence-corrected chi connectivity index (χ3v) is 1.94. The van der Waals surface area contributed by atoms with Crippen LogP contribution in [0.15, 0.2) is 18.2 Å². The topological polar surface area (TPSA) is 58.6 Å². The van der Waals surface area contributed by atoms with E-state index < -0.39 is 5.97 Å². The Morgan fingerprint density at radius 1 is 1.56 bits per heavy atom. The predicted octanol–water partition coefficient (Wildman–Crippen LogP) is 0.964. The summed E-state index contributed by atoms with van der Waals surface area (Å²) in [5, 5.41) is 11.7. The number of benzene rings is 1. The molecule has 0 spiro atoms. The molecule has 2 N–H and O–H groups in total. The van der Waals surface area contributed by atoms with Gasteiger partial charge in [0, 0.05) is 0 Å². The zero-order valence-electron chi connectivity index (χ0n) is 9.20. The predicted molar refractivity (Wildman–Crippen MR) is 60.8 cm³/mol. The van der Waals surface area contributed by atoms with Crippen molar-refractivity contribution in [3.8, 4) is 17.6 Å². The molecule has 4 nitrogen and oxygen atoms in total. The maximum absolute atomic E-state index is 10.7. The number of rotatable bonds is 3. The number of carboxylic acid groups (broad SMARTS) is 1. The lowest BCUT2D eigenvalue weighted by atomic mass is 10.1. The quantitative estimate of drug-likeness (QED) is 0.743. The fourth-order valence-electron chi connectivity index (χ4n) is 1.16. The molecule has 0 amide bonds. The molecule has 1 rings (SSSR count). The maximum atomic E-state index is 10.7. The SMILES string of the molecule is CNCC#Cc1ccc(C(=O)O)cc1OC. The van der Waals surface area contributed by atoms with Crippen LogP contribution in [0.25, 0.3) is 0 Å². The first-order valence-electron chi connectivity index (χ1n) is 4.74. The maximum Gasteiger partial charge on any atom is 0.335 e. The Kier molecular flexibility index (Phi) is 4.37. The van der Waals surface area contributed by atoms with E-state index in [1.54, 1.807) is 13.1 Å². The van der Waals surface area contributed by atoms with Crippen LogP contribution in [0.5, 0.6) is 5.75 Å². The summed E-state index contributed by atoms with van der Waals surface area (Å²) in [4.78, 5) is 10.7. The van der Waals surface area contributed by atoms with Gasteiger partial charge >= 0.3 is 5.97 Å². The number of ether oxygens (including phenoxy) is 1. The zero-order valence-corrected chi connectivity index (χ0v) is 9.20. The third kappa shape index (κ3) is 3.01. The van der Waals surface area contributed by atoms with Gasteiger partial charge in [-0.3, -0.25) is 0 Å². The minimum absolute atomic E-state index is 0.191. The summed E-state index contributed by atoms with van der Waals surface area (Å²) in [5.41, 5.74) is 0.874. The van der Waals surface area contributed by atoms with Crippen molar-refractivity contribution < 1.29 is 14.6 Å². The van der Waals surface area contributed by atoms with Crippen molar-refractivity contribution in [3.05, 3.63) is 29.3 Å². The number of methoxy groups -OCH3 is 1. The highest BCUT2D eigenvalue weighted by Crippen LogP contribution is 2.19. The van der Waals surface area contributed by atoms with Crippen molar-refractivity contribution in [3.63, 3.8) is 0 Å². The molecule has 0 aliphatic heterocycles. The van der Waals surface area contributed by atoms with Crippen LogP contribution in [0.3, 0.4) is 0 Å². The van der Waals surface area contributed by atoms with Crippen molar-refractivity contribution in [2.24, 2.45) is 0 Å². The molecule has 16 heavy (non-hydrogen) atoms. The summed E-state index contributed by atoms with van der Waals surface area (Å²) >= 11 is 0. The van der Waals surface area contributed by atoms with E-state index in [1.807, 2.05) is 0 Å². The Balaban J connectivity index is 3.03. The largest absolute Gasteiger partial charge is 0.495 e. The fraction of sp³-hybridized carbons (Fsp3) is 0.250. The van der Waals surface area contributed by atoms with Gasteiger partial charge in [0.2, 0.25) is 0 Å². The molecule has 0 saturated carbocycles. The minimum atomic E-state index is -0.979. The Morgan fingerprint density at radius 3 is 2.88 bits per heavy atom. The molecule has 0 aromatic heterocycles. The number of hydrogen-bond acceptors (Lipinski definition) is 3. The van der Waals surface area contributed by atoms with Gasteiger partial charge in [-0.05, 0) is 25.2 Å². The molecule has 4 heteroatoms. The van der Waals surface area contributed by atoms with E-state index in [1.165, 1.54) is 19.2 Å². The zero-order chi connectivity index (χ0) is 12.0. The van der Waals surface area contributed by atoms with E-state index in [0.29, 0.717) is 17.9 Å². The van der Waals surface area contributed by atoms with Crippen LogP contribution in [-0.4, -0.2) is 31.8 Å². The average molecular weight is 219 g/mol. The monoisotopic (exact) mass is 219 g/mol. The van der Waals surface area contributed by atoms with Gasteiger partial charge in [-0.1, -0.05) is 11.8 Å². The minimum Gasteiger partial charge on any atom is -0.495 e. The summed E-state index contributed by atoms with van der Waals surface area (Å²) < 4.78 is 5.08. The van der Waals surface area contributed by atoms with Crippen LogP contribution < -0.4 is 10.1 Å². The van der Waals surface area contributed by atoms with Crippen molar-refractivity contribution in [1.82, 2.24) is 5.32 Å². The molecular formula is C12H13NO3. The van der Waals surface area contributed by atoms with Gasteiger partial charge in [-0.2, -0.15) is 0 Å². The molecular weight excluding hydrogens is 206 g/mol. The summed E-state index contributed by atoms with van der Waals surface area (Å²) in [7, 11) is 3.30. The molecule has 0 bridgehead atoms. The van der Waals surface area contributed by atoms with Crippen molar-refractivity contribution in [2.45, 2.75) is 0 Å². The highest BCUT2D eigenvalue weighted by molar-refractivity contribution is 5.88. The van der Waals surface area contributed by atoms with Crippen molar-refractivity contribution in [1.29, 1.82) is 0 Å². The van der Waals surface area contributed by atoms with E-state index in [-0.39, 0.29) is 5.56 Å². The van der Waals surface area contributed by atoms with Gasteiger partial charge in [0.1, 0.15) is 5.75 Å². The molecule has 84 valence electrons. The Hall–Kier alpha value is -1.99.